The zero-order chi connectivity index (χ0) is 26.0. The number of hydrogen-bond acceptors (Lipinski definition) is 8. The molecule has 0 radical (unpaired) electrons. The molecule has 0 aliphatic heterocycles. The first-order chi connectivity index (χ1) is 17.1. The van der Waals surface area contributed by atoms with Gasteiger partial charge in [-0.1, -0.05) is 12.1 Å². The average molecular weight is 520 g/mol. The Morgan fingerprint density at radius 1 is 1.06 bits per heavy atom. The van der Waals surface area contributed by atoms with E-state index in [1.165, 1.54) is 18.8 Å². The van der Waals surface area contributed by atoms with E-state index in [4.69, 9.17) is 9.47 Å². The van der Waals surface area contributed by atoms with Crippen molar-refractivity contribution in [3.8, 4) is 28.7 Å². The van der Waals surface area contributed by atoms with Crippen LogP contribution in [-0.2, 0) is 22.6 Å². The molecule has 0 unspecified atom stereocenters. The molecule has 0 aliphatic rings. The van der Waals surface area contributed by atoms with Gasteiger partial charge >= 0.3 is 0 Å². The summed E-state index contributed by atoms with van der Waals surface area (Å²) in [6.07, 6.45) is -0.0271. The molecule has 1 atom stereocenters. The second-order valence-corrected chi connectivity index (χ2v) is 10.0. The smallest absolute Gasteiger partial charge is 0.189 e. The van der Waals surface area contributed by atoms with Crippen LogP contribution in [0.5, 0.6) is 11.5 Å². The Morgan fingerprint density at radius 3 is 2.33 bits per heavy atom. The quantitative estimate of drug-likeness (QED) is 0.358. The molecule has 190 valence electrons. The summed E-state index contributed by atoms with van der Waals surface area (Å²) in [6, 6.07) is 9.25. The third-order valence-corrected chi connectivity index (χ3v) is 6.90. The Kier molecular flexibility index (Phi) is 7.04. The lowest BCUT2D eigenvalue weighted by Crippen LogP contribution is -2.19. The van der Waals surface area contributed by atoms with Gasteiger partial charge in [-0.15, -0.1) is 10.2 Å². The van der Waals surface area contributed by atoms with Gasteiger partial charge in [0.2, 0.25) is 0 Å². The van der Waals surface area contributed by atoms with Gasteiger partial charge in [-0.2, -0.15) is 5.10 Å². The lowest BCUT2D eigenvalue weighted by Gasteiger charge is -2.17. The summed E-state index contributed by atoms with van der Waals surface area (Å²) in [5.41, 5.74) is 0.431. The van der Waals surface area contributed by atoms with Crippen LogP contribution in [0.1, 0.15) is 17.5 Å². The molecule has 2 heterocycles. The number of aliphatic hydroxyl groups is 1. The molecule has 1 N–H and O–H groups in total. The topological polar surface area (TPSA) is 121 Å². The highest BCUT2D eigenvalue weighted by Gasteiger charge is 2.28. The molecule has 0 saturated carbocycles. The fraction of sp³-hybridized carbons (Fsp3) is 0.261. The zero-order valence-corrected chi connectivity index (χ0v) is 20.4. The van der Waals surface area contributed by atoms with Gasteiger partial charge in [0.25, 0.3) is 0 Å². The van der Waals surface area contributed by atoms with Crippen molar-refractivity contribution in [3.63, 3.8) is 0 Å². The maximum absolute atomic E-state index is 14.1. The second-order valence-electron chi connectivity index (χ2n) is 7.90. The second kappa shape index (κ2) is 10.0. The van der Waals surface area contributed by atoms with Crippen LogP contribution in [0.4, 0.5) is 8.78 Å². The first kappa shape index (κ1) is 25.3. The summed E-state index contributed by atoms with van der Waals surface area (Å²) >= 11 is 0. The predicted octanol–water partition coefficient (Wildman–Crippen LogP) is 2.61. The van der Waals surface area contributed by atoms with Crippen LogP contribution >= 0.6 is 0 Å². The highest BCUT2D eigenvalue weighted by Crippen LogP contribution is 2.36. The molecule has 4 rings (SSSR count). The number of sulfone groups is 1. The molecule has 0 amide bonds. The first-order valence-corrected chi connectivity index (χ1v) is 12.4. The zero-order valence-electron chi connectivity index (χ0n) is 19.6. The molecule has 2 aromatic heterocycles. The van der Waals surface area contributed by atoms with E-state index >= 15 is 0 Å². The summed E-state index contributed by atoms with van der Waals surface area (Å²) in [4.78, 5) is 0. The van der Waals surface area contributed by atoms with Crippen molar-refractivity contribution in [2.45, 2.75) is 11.9 Å². The predicted molar refractivity (Wildman–Crippen MR) is 125 cm³/mol. The summed E-state index contributed by atoms with van der Waals surface area (Å²) in [5, 5.41) is 23.0. The number of benzene rings is 2. The van der Waals surface area contributed by atoms with Crippen LogP contribution in [-0.4, -0.2) is 58.0 Å². The number of rotatable bonds is 9. The van der Waals surface area contributed by atoms with E-state index in [0.717, 1.165) is 12.1 Å². The lowest BCUT2D eigenvalue weighted by atomic mass is 10.1. The molecule has 0 bridgehead atoms. The van der Waals surface area contributed by atoms with Crippen LogP contribution < -0.4 is 9.47 Å². The number of methoxy groups -OCH3 is 2. The molecule has 0 spiro atoms. The molecule has 10 nitrogen and oxygen atoms in total. The Hall–Kier alpha value is -3.84. The SMILES string of the molecule is COc1cccc(OC)c1-n1c(CS(=O)(=O)C[C@@H](O)c2ccc(F)cc2F)nnc1-c1ccn(C)n1. The Morgan fingerprint density at radius 2 is 1.75 bits per heavy atom. The maximum Gasteiger partial charge on any atom is 0.189 e. The fourth-order valence-electron chi connectivity index (χ4n) is 3.75. The first-order valence-electron chi connectivity index (χ1n) is 10.6. The van der Waals surface area contributed by atoms with Crippen molar-refractivity contribution in [1.29, 1.82) is 0 Å². The summed E-state index contributed by atoms with van der Waals surface area (Å²) in [7, 11) is 0.537. The Balaban J connectivity index is 1.78. The highest BCUT2D eigenvalue weighted by atomic mass is 32.2. The molecule has 0 fully saturated rings. The Labute approximate surface area is 205 Å². The third-order valence-electron chi connectivity index (χ3n) is 5.38. The summed E-state index contributed by atoms with van der Waals surface area (Å²) in [6.45, 7) is 0. The van der Waals surface area contributed by atoms with Gasteiger partial charge in [0.05, 0.1) is 26.1 Å². The van der Waals surface area contributed by atoms with E-state index < -0.39 is 39.1 Å². The summed E-state index contributed by atoms with van der Waals surface area (Å²) in [5.74, 6) is -2.43. The van der Waals surface area contributed by atoms with Gasteiger partial charge in [-0.05, 0) is 24.3 Å². The third kappa shape index (κ3) is 5.06. The number of halogens is 2. The van der Waals surface area contributed by atoms with E-state index in [1.807, 2.05) is 0 Å². The molecule has 0 saturated heterocycles. The van der Waals surface area contributed by atoms with Crippen molar-refractivity contribution < 1.29 is 31.8 Å². The largest absolute Gasteiger partial charge is 0.494 e. The Bertz CT molecular complexity index is 1480. The number of aliphatic hydroxyl groups excluding tert-OH is 1. The number of nitrogens with zero attached hydrogens (tertiary/aromatic N) is 5. The van der Waals surface area contributed by atoms with E-state index in [9.17, 15) is 22.3 Å². The number of para-hydroxylation sites is 1. The van der Waals surface area contributed by atoms with E-state index in [0.29, 0.717) is 28.9 Å². The van der Waals surface area contributed by atoms with Crippen LogP contribution in [0.25, 0.3) is 17.2 Å². The van der Waals surface area contributed by atoms with Crippen LogP contribution in [0.15, 0.2) is 48.7 Å². The fourth-order valence-corrected chi connectivity index (χ4v) is 5.11. The minimum absolute atomic E-state index is 0.00905. The van der Waals surface area contributed by atoms with Crippen molar-refractivity contribution in [3.05, 3.63) is 71.7 Å². The molecule has 36 heavy (non-hydrogen) atoms. The summed E-state index contributed by atoms with van der Waals surface area (Å²) < 4.78 is 67.5. The average Bonchev–Trinajstić information content (AvgIpc) is 3.43. The minimum Gasteiger partial charge on any atom is -0.494 e. The van der Waals surface area contributed by atoms with Gasteiger partial charge in [-0.25, -0.2) is 17.2 Å². The monoisotopic (exact) mass is 519 g/mol. The number of aryl methyl sites for hydroxylation is 1. The van der Waals surface area contributed by atoms with Crippen LogP contribution in [0.2, 0.25) is 0 Å². The van der Waals surface area contributed by atoms with E-state index in [1.54, 1.807) is 42.2 Å². The molecule has 13 heteroatoms. The maximum atomic E-state index is 14.1. The molecule has 2 aromatic carbocycles. The lowest BCUT2D eigenvalue weighted by molar-refractivity contribution is 0.196. The van der Waals surface area contributed by atoms with Crippen molar-refractivity contribution in [2.24, 2.45) is 7.05 Å². The van der Waals surface area contributed by atoms with Gasteiger partial charge in [0, 0.05) is 24.9 Å². The van der Waals surface area contributed by atoms with Crippen molar-refractivity contribution in [1.82, 2.24) is 24.5 Å². The van der Waals surface area contributed by atoms with E-state index in [-0.39, 0.29) is 17.2 Å². The number of aromatic nitrogens is 5. The van der Waals surface area contributed by atoms with Gasteiger partial charge < -0.3 is 14.6 Å². The van der Waals surface area contributed by atoms with Crippen molar-refractivity contribution >= 4 is 9.84 Å². The van der Waals surface area contributed by atoms with Gasteiger partial charge in [0.1, 0.15) is 40.3 Å². The molecular weight excluding hydrogens is 496 g/mol. The number of ether oxygens (including phenoxy) is 2. The van der Waals surface area contributed by atoms with E-state index in [2.05, 4.69) is 15.3 Å². The molecule has 4 aromatic rings. The number of hydrogen-bond donors (Lipinski definition) is 1. The standard InChI is InChI=1S/C23H23F2N5O5S/c1-29-10-9-17(28-29)23-27-26-21(30(23)22-19(34-2)5-4-6-20(22)35-3)13-36(32,33)12-18(31)15-8-7-14(24)11-16(15)25/h4-11,18,31H,12-13H2,1-3H3/t18-/m1/s1. The van der Waals surface area contributed by atoms with Crippen LogP contribution in [0.3, 0.4) is 0 Å². The normalized spacial score (nSPS) is 12.5. The van der Waals surface area contributed by atoms with Gasteiger partial charge in [-0.3, -0.25) is 9.25 Å². The van der Waals surface area contributed by atoms with Crippen LogP contribution in [0, 0.1) is 11.6 Å². The molecular formula is C23H23F2N5O5S. The van der Waals surface area contributed by atoms with Gasteiger partial charge in [0.15, 0.2) is 21.5 Å². The molecule has 0 aliphatic carbocycles. The van der Waals surface area contributed by atoms with Crippen molar-refractivity contribution in [2.75, 3.05) is 20.0 Å². The highest BCUT2D eigenvalue weighted by molar-refractivity contribution is 7.90. The minimum atomic E-state index is -4.08.